The summed E-state index contributed by atoms with van der Waals surface area (Å²) in [4.78, 5) is 25.1. The van der Waals surface area contributed by atoms with E-state index in [4.69, 9.17) is 24.7 Å². The summed E-state index contributed by atoms with van der Waals surface area (Å²) in [6.07, 6.45) is 6.34. The Hall–Kier alpha value is -3.40. The van der Waals surface area contributed by atoms with Crippen LogP contribution < -0.4 is 5.73 Å². The molecule has 3 rings (SSSR count). The fourth-order valence-corrected chi connectivity index (χ4v) is 8.11. The number of aliphatic hydroxyl groups is 9. The third kappa shape index (κ3) is 18.7. The van der Waals surface area contributed by atoms with E-state index in [0.717, 1.165) is 0 Å². The normalized spacial score (nSPS) is 45.5. The molecule has 2 fully saturated rings. The molecule has 0 aromatic rings. The minimum Gasteiger partial charge on any atom is -0.481 e. The highest BCUT2D eigenvalue weighted by Gasteiger charge is 2.51. The number of carboxylic acid groups (broad SMARTS) is 1. The van der Waals surface area contributed by atoms with E-state index in [2.05, 4.69) is 0 Å². The molecule has 12 N–H and O–H groups in total. The summed E-state index contributed by atoms with van der Waals surface area (Å²) in [6, 6.07) is -0.705. The first-order valence-corrected chi connectivity index (χ1v) is 22.6. The summed E-state index contributed by atoms with van der Waals surface area (Å²) in [5.74, 6) is -6.97. The number of carbonyl (C=O) groups is 2. The molecule has 0 amide bonds. The Morgan fingerprint density at radius 1 is 0.662 bits per heavy atom. The van der Waals surface area contributed by atoms with Crippen LogP contribution in [0.2, 0.25) is 0 Å². The van der Waals surface area contributed by atoms with Crippen molar-refractivity contribution in [2.45, 2.75) is 177 Å². The van der Waals surface area contributed by atoms with Crippen LogP contribution in [-0.4, -0.2) is 154 Å². The predicted molar refractivity (Wildman–Crippen MR) is 240 cm³/mol. The fourth-order valence-electron chi connectivity index (χ4n) is 8.11. The van der Waals surface area contributed by atoms with Gasteiger partial charge in [-0.1, -0.05) is 106 Å². The molecule has 0 aromatic heterocycles. The van der Waals surface area contributed by atoms with Crippen molar-refractivity contribution in [3.63, 3.8) is 0 Å². The Morgan fingerprint density at radius 2 is 1.20 bits per heavy atom. The number of rotatable bonds is 3. The summed E-state index contributed by atoms with van der Waals surface area (Å²) in [5, 5.41) is 108. The molecule has 368 valence electrons. The standard InChI is InChI=1S/C48H75NO16/c1-28-18-16-14-12-10-8-6-7-9-11-13-15-17-19-36(64-47-45(58)43(49)29(2)31(4)63-47)25-40-42(46(59)60)39(55)27-48(61,65-40)26-38(54)37(53)21-20-33(50)22-34(51)23-35(52)24-41(56)62-32(5)30(3)44(28)57/h6-19,28-40,42-45,47,50-55,57-58,61H,20-27,49H2,1-5H3,(H,59,60)/b7-6+,10-8+,11-9+,14-12+,15-13+,18-16+,19-17+/t28-,29?,30-,31?,32-,33+,34+,35+,36-,37+,38+,39-,40?,42+,43?,44+,45?,47?,48+/m0/s1. The number of hydrogen-bond acceptors (Lipinski definition) is 16. The van der Waals surface area contributed by atoms with Gasteiger partial charge in [0.2, 0.25) is 0 Å². The molecule has 0 saturated carbocycles. The van der Waals surface area contributed by atoms with Gasteiger partial charge in [-0.25, -0.2) is 0 Å². The van der Waals surface area contributed by atoms with Gasteiger partial charge in [0.1, 0.15) is 18.1 Å². The minimum absolute atomic E-state index is 0.125. The van der Waals surface area contributed by atoms with Crippen molar-refractivity contribution in [2.75, 3.05) is 0 Å². The maximum Gasteiger partial charge on any atom is 0.311 e. The second-order valence-corrected chi connectivity index (χ2v) is 17.9. The molecule has 65 heavy (non-hydrogen) atoms. The number of cyclic esters (lactones) is 1. The Labute approximate surface area is 382 Å². The van der Waals surface area contributed by atoms with Crippen molar-refractivity contribution in [3.05, 3.63) is 85.1 Å². The molecule has 19 atom stereocenters. The molecule has 3 aliphatic rings. The van der Waals surface area contributed by atoms with Gasteiger partial charge in [0.15, 0.2) is 12.1 Å². The maximum atomic E-state index is 12.6. The van der Waals surface area contributed by atoms with Crippen molar-refractivity contribution >= 4 is 11.9 Å². The lowest BCUT2D eigenvalue weighted by atomic mass is 9.82. The third-order valence-corrected chi connectivity index (χ3v) is 12.5. The first-order chi connectivity index (χ1) is 30.6. The van der Waals surface area contributed by atoms with E-state index >= 15 is 0 Å². The van der Waals surface area contributed by atoms with Gasteiger partial charge in [0.25, 0.3) is 0 Å². The van der Waals surface area contributed by atoms with Crippen LogP contribution in [0.4, 0.5) is 0 Å². The monoisotopic (exact) mass is 922 g/mol. The quantitative estimate of drug-likeness (QED) is 0.180. The van der Waals surface area contributed by atoms with Crippen molar-refractivity contribution in [1.82, 2.24) is 0 Å². The number of nitrogens with two attached hydrogens (primary N) is 1. The second kappa shape index (κ2) is 27.4. The van der Waals surface area contributed by atoms with Crippen molar-refractivity contribution in [3.8, 4) is 0 Å². The van der Waals surface area contributed by atoms with Gasteiger partial charge in [-0.05, 0) is 45.4 Å². The largest absolute Gasteiger partial charge is 0.481 e. The van der Waals surface area contributed by atoms with Crippen LogP contribution >= 0.6 is 0 Å². The van der Waals surface area contributed by atoms with E-state index in [1.165, 1.54) is 0 Å². The Morgan fingerprint density at radius 3 is 1.78 bits per heavy atom. The number of aliphatic hydroxyl groups excluding tert-OH is 8. The maximum absolute atomic E-state index is 12.6. The highest BCUT2D eigenvalue weighted by atomic mass is 16.7. The number of aliphatic carboxylic acids is 1. The molecular formula is C48H75NO16. The van der Waals surface area contributed by atoms with Gasteiger partial charge in [0.05, 0.1) is 67.5 Å². The van der Waals surface area contributed by atoms with Crippen LogP contribution in [0.5, 0.6) is 0 Å². The lowest BCUT2D eigenvalue weighted by Gasteiger charge is -2.45. The van der Waals surface area contributed by atoms with E-state index in [9.17, 15) is 60.7 Å². The van der Waals surface area contributed by atoms with Crippen LogP contribution in [0.25, 0.3) is 0 Å². The van der Waals surface area contributed by atoms with Gasteiger partial charge in [-0.3, -0.25) is 9.59 Å². The molecule has 17 heteroatoms. The van der Waals surface area contributed by atoms with E-state index in [1.807, 2.05) is 50.3 Å². The highest BCUT2D eigenvalue weighted by molar-refractivity contribution is 5.71. The van der Waals surface area contributed by atoms with E-state index in [0.29, 0.717) is 0 Å². The zero-order valence-electron chi connectivity index (χ0n) is 38.1. The van der Waals surface area contributed by atoms with Crippen molar-refractivity contribution in [2.24, 2.45) is 29.4 Å². The number of hydrogen-bond donors (Lipinski definition) is 11. The van der Waals surface area contributed by atoms with Gasteiger partial charge in [-0.15, -0.1) is 0 Å². The average molecular weight is 922 g/mol. The van der Waals surface area contributed by atoms with Gasteiger partial charge < -0.3 is 75.7 Å². The average Bonchev–Trinajstić information content (AvgIpc) is 3.21. The summed E-state index contributed by atoms with van der Waals surface area (Å²) >= 11 is 0. The van der Waals surface area contributed by atoms with Crippen LogP contribution in [-0.2, 0) is 28.5 Å². The summed E-state index contributed by atoms with van der Waals surface area (Å²) in [6.45, 7) is 8.83. The molecule has 17 nitrogen and oxygen atoms in total. The molecule has 6 unspecified atom stereocenters. The van der Waals surface area contributed by atoms with Gasteiger partial charge in [-0.2, -0.15) is 0 Å². The van der Waals surface area contributed by atoms with E-state index in [-0.39, 0.29) is 43.9 Å². The first-order valence-electron chi connectivity index (χ1n) is 22.6. The SMILES string of the molecule is CC1OC(O[C@H]2/C=C/C=C/C=C/C=C/C=C/C=C/C=C/[C@H](C)[C@@H](O)[C@@H](C)[C@H](C)OC(=O)C[C@H](O)C[C@H](O)C[C@H](O)CC[C@@H](O)[C@H](O)C[C@]3(O)C[C@H](O)[C@@H](C(=O)O)C(C2)O3)C(O)C(N)C1C. The molecule has 3 aliphatic heterocycles. The zero-order chi connectivity index (χ0) is 48.4. The Balaban J connectivity index is 1.86. The van der Waals surface area contributed by atoms with Crippen LogP contribution in [0, 0.1) is 23.7 Å². The van der Waals surface area contributed by atoms with E-state index in [1.54, 1.807) is 69.4 Å². The topological polar surface area (TPSA) is 299 Å². The molecular weight excluding hydrogens is 847 g/mol. The summed E-state index contributed by atoms with van der Waals surface area (Å²) in [7, 11) is 0. The second-order valence-electron chi connectivity index (χ2n) is 17.9. The third-order valence-electron chi connectivity index (χ3n) is 12.5. The highest BCUT2D eigenvalue weighted by Crippen LogP contribution is 2.38. The predicted octanol–water partition coefficient (Wildman–Crippen LogP) is 1.99. The van der Waals surface area contributed by atoms with Gasteiger partial charge >= 0.3 is 11.9 Å². The van der Waals surface area contributed by atoms with Crippen LogP contribution in [0.15, 0.2) is 85.1 Å². The number of esters is 1. The number of fused-ring (bicyclic) bond motifs is 2. The van der Waals surface area contributed by atoms with Crippen LogP contribution in [0.1, 0.15) is 86.0 Å². The smallest absolute Gasteiger partial charge is 0.311 e. The summed E-state index contributed by atoms with van der Waals surface area (Å²) < 4.78 is 23.5. The Bertz CT molecular complexity index is 1660. The lowest BCUT2D eigenvalue weighted by Crippen LogP contribution is -2.59. The number of carbonyl (C=O) groups excluding carboxylic acids is 1. The zero-order valence-corrected chi connectivity index (χ0v) is 38.1. The molecule has 0 radical (unpaired) electrons. The molecule has 2 bridgehead atoms. The first kappa shape index (κ1) is 55.9. The summed E-state index contributed by atoms with van der Waals surface area (Å²) in [5.41, 5.74) is 6.27. The molecule has 3 heterocycles. The van der Waals surface area contributed by atoms with Crippen LogP contribution in [0.3, 0.4) is 0 Å². The molecule has 2 saturated heterocycles. The fraction of sp³-hybridized carbons (Fsp3) is 0.667. The number of carboxylic acids is 1. The lowest BCUT2D eigenvalue weighted by molar-refractivity contribution is -0.308. The van der Waals surface area contributed by atoms with Crippen molar-refractivity contribution in [1.29, 1.82) is 0 Å². The van der Waals surface area contributed by atoms with Gasteiger partial charge in [0, 0.05) is 37.1 Å². The number of ether oxygens (including phenoxy) is 4. The molecule has 0 spiro atoms. The molecule has 0 aromatic carbocycles. The Kier molecular flexibility index (Phi) is 23.6. The minimum atomic E-state index is -2.33. The number of allylic oxidation sites excluding steroid dienone is 12. The molecule has 0 aliphatic carbocycles. The van der Waals surface area contributed by atoms with E-state index < -0.39 is 134 Å². The van der Waals surface area contributed by atoms with Crippen molar-refractivity contribution < 1.29 is 79.6 Å².